The lowest BCUT2D eigenvalue weighted by molar-refractivity contribution is 0.335. The molecule has 0 bridgehead atoms. The normalized spacial score (nSPS) is 22.6. The van der Waals surface area contributed by atoms with Crippen LogP contribution in [0.4, 0.5) is 0 Å². The van der Waals surface area contributed by atoms with Gasteiger partial charge in [0.2, 0.25) is 0 Å². The first-order valence-electron chi connectivity index (χ1n) is 4.84. The smallest absolute Gasteiger partial charge is 0.132 e. The van der Waals surface area contributed by atoms with Crippen molar-refractivity contribution in [1.29, 1.82) is 0 Å². The summed E-state index contributed by atoms with van der Waals surface area (Å²) in [4.78, 5) is 4.30. The summed E-state index contributed by atoms with van der Waals surface area (Å²) in [5, 5.41) is 3.44. The highest BCUT2D eigenvalue weighted by Gasteiger charge is 2.15. The van der Waals surface area contributed by atoms with E-state index >= 15 is 0 Å². The van der Waals surface area contributed by atoms with E-state index in [9.17, 15) is 0 Å². The molecular formula is C9H13I2N3. The van der Waals surface area contributed by atoms with Gasteiger partial charge in [-0.1, -0.05) is 0 Å². The zero-order chi connectivity index (χ0) is 9.97. The van der Waals surface area contributed by atoms with Gasteiger partial charge in [-0.2, -0.15) is 0 Å². The van der Waals surface area contributed by atoms with Crippen molar-refractivity contribution in [3.05, 3.63) is 13.7 Å². The van der Waals surface area contributed by atoms with Gasteiger partial charge < -0.3 is 9.88 Å². The van der Waals surface area contributed by atoms with E-state index in [-0.39, 0.29) is 0 Å². The highest BCUT2D eigenvalue weighted by molar-refractivity contribution is 14.1. The summed E-state index contributed by atoms with van der Waals surface area (Å²) in [6, 6.07) is 0. The molecule has 14 heavy (non-hydrogen) atoms. The number of piperidine rings is 1. The third-order valence-electron chi connectivity index (χ3n) is 2.59. The minimum absolute atomic E-state index is 0.780. The molecule has 1 aliphatic heterocycles. The molecule has 0 radical (unpaired) electrons. The number of halogens is 2. The Morgan fingerprint density at radius 2 is 2.43 bits per heavy atom. The van der Waals surface area contributed by atoms with Crippen LogP contribution >= 0.6 is 45.2 Å². The maximum absolute atomic E-state index is 4.30. The quantitative estimate of drug-likeness (QED) is 0.748. The van der Waals surface area contributed by atoms with Crippen LogP contribution in [0.25, 0.3) is 0 Å². The first kappa shape index (κ1) is 11.1. The zero-order valence-electron chi connectivity index (χ0n) is 7.84. The van der Waals surface area contributed by atoms with Gasteiger partial charge in [-0.3, -0.25) is 0 Å². The molecular weight excluding hydrogens is 404 g/mol. The summed E-state index contributed by atoms with van der Waals surface area (Å²) in [5.41, 5.74) is 0. The molecule has 1 unspecified atom stereocenters. The van der Waals surface area contributed by atoms with Crippen molar-refractivity contribution >= 4 is 45.2 Å². The van der Waals surface area contributed by atoms with Crippen LogP contribution in [-0.4, -0.2) is 22.6 Å². The molecule has 2 rings (SSSR count). The molecule has 1 aromatic rings. The van der Waals surface area contributed by atoms with Gasteiger partial charge in [-0.05, 0) is 77.0 Å². The number of nitrogens with zero attached hydrogens (tertiary/aromatic N) is 2. The van der Waals surface area contributed by atoms with Gasteiger partial charge in [-0.15, -0.1) is 0 Å². The number of imidazole rings is 1. The molecule has 3 nitrogen and oxygen atoms in total. The van der Waals surface area contributed by atoms with E-state index in [1.807, 2.05) is 6.33 Å². The Labute approximate surface area is 111 Å². The molecule has 0 aromatic carbocycles. The lowest BCUT2D eigenvalue weighted by atomic mass is 10.00. The fourth-order valence-electron chi connectivity index (χ4n) is 1.83. The van der Waals surface area contributed by atoms with Crippen LogP contribution in [0.1, 0.15) is 12.8 Å². The first-order chi connectivity index (χ1) is 6.77. The van der Waals surface area contributed by atoms with Crippen LogP contribution in [0.2, 0.25) is 0 Å². The highest BCUT2D eigenvalue weighted by Crippen LogP contribution is 2.17. The van der Waals surface area contributed by atoms with Crippen molar-refractivity contribution in [1.82, 2.24) is 14.9 Å². The number of hydrogen-bond acceptors (Lipinski definition) is 2. The van der Waals surface area contributed by atoms with Gasteiger partial charge >= 0.3 is 0 Å². The Hall–Kier alpha value is 0.630. The molecule has 78 valence electrons. The van der Waals surface area contributed by atoms with E-state index in [1.165, 1.54) is 23.1 Å². The second-order valence-electron chi connectivity index (χ2n) is 3.69. The van der Waals surface area contributed by atoms with E-state index in [1.54, 1.807) is 0 Å². The minimum atomic E-state index is 0.780. The van der Waals surface area contributed by atoms with Gasteiger partial charge in [0, 0.05) is 6.54 Å². The summed E-state index contributed by atoms with van der Waals surface area (Å²) in [6.07, 6.45) is 4.61. The SMILES string of the molecule is Ic1ncn(CC2CCCNC2)c1I. The molecule has 0 aliphatic carbocycles. The van der Waals surface area contributed by atoms with Gasteiger partial charge in [0.1, 0.15) is 7.40 Å². The second-order valence-corrected chi connectivity index (χ2v) is 5.73. The summed E-state index contributed by atoms with van der Waals surface area (Å²) < 4.78 is 4.65. The van der Waals surface area contributed by atoms with E-state index in [2.05, 4.69) is 60.0 Å². The maximum Gasteiger partial charge on any atom is 0.132 e. The fraction of sp³-hybridized carbons (Fsp3) is 0.667. The third-order valence-corrected chi connectivity index (χ3v) is 5.54. The molecule has 0 saturated carbocycles. The van der Waals surface area contributed by atoms with E-state index in [0.717, 1.165) is 22.7 Å². The van der Waals surface area contributed by atoms with Crippen molar-refractivity contribution in [3.8, 4) is 0 Å². The standard InChI is InChI=1S/C9H13I2N3/c10-8-9(11)14(6-13-8)5-7-2-1-3-12-4-7/h6-7,12H,1-5H2. The molecule has 1 saturated heterocycles. The highest BCUT2D eigenvalue weighted by atomic mass is 127. The average molecular weight is 417 g/mol. The third kappa shape index (κ3) is 2.60. The Balaban J connectivity index is 1.99. The van der Waals surface area contributed by atoms with Gasteiger partial charge in [0.15, 0.2) is 0 Å². The number of nitrogens with one attached hydrogen (secondary N) is 1. The maximum atomic E-state index is 4.30. The summed E-state index contributed by atoms with van der Waals surface area (Å²) in [7, 11) is 0. The van der Waals surface area contributed by atoms with E-state index in [4.69, 9.17) is 0 Å². The molecule has 1 fully saturated rings. The van der Waals surface area contributed by atoms with Crippen LogP contribution in [0, 0.1) is 13.3 Å². The number of hydrogen-bond donors (Lipinski definition) is 1. The van der Waals surface area contributed by atoms with Crippen molar-refractivity contribution < 1.29 is 0 Å². The van der Waals surface area contributed by atoms with Gasteiger partial charge in [0.25, 0.3) is 0 Å². The molecule has 0 amide bonds. The summed E-state index contributed by atoms with van der Waals surface area (Å²) >= 11 is 4.65. The molecule has 1 aromatic heterocycles. The van der Waals surface area contributed by atoms with Crippen LogP contribution in [0.15, 0.2) is 6.33 Å². The van der Waals surface area contributed by atoms with Crippen LogP contribution in [0.3, 0.4) is 0 Å². The minimum Gasteiger partial charge on any atom is -0.325 e. The van der Waals surface area contributed by atoms with E-state index < -0.39 is 0 Å². The van der Waals surface area contributed by atoms with Crippen LogP contribution < -0.4 is 5.32 Å². The molecule has 1 aliphatic rings. The molecule has 1 atom stereocenters. The Kier molecular flexibility index (Phi) is 4.06. The van der Waals surface area contributed by atoms with Gasteiger partial charge in [0.05, 0.1) is 6.33 Å². The van der Waals surface area contributed by atoms with Crippen LogP contribution in [0.5, 0.6) is 0 Å². The van der Waals surface area contributed by atoms with Crippen LogP contribution in [-0.2, 0) is 6.54 Å². The molecule has 5 heteroatoms. The van der Waals surface area contributed by atoms with Crippen molar-refractivity contribution in [2.24, 2.45) is 5.92 Å². The largest absolute Gasteiger partial charge is 0.325 e. The summed E-state index contributed by atoms with van der Waals surface area (Å²) in [6.45, 7) is 3.46. The first-order valence-corrected chi connectivity index (χ1v) is 7.00. The van der Waals surface area contributed by atoms with Crippen molar-refractivity contribution in [3.63, 3.8) is 0 Å². The van der Waals surface area contributed by atoms with Crippen molar-refractivity contribution in [2.75, 3.05) is 13.1 Å². The second kappa shape index (κ2) is 5.11. The molecule has 2 heterocycles. The lowest BCUT2D eigenvalue weighted by Crippen LogP contribution is -2.32. The summed E-state index contributed by atoms with van der Waals surface area (Å²) in [5.74, 6) is 0.780. The van der Waals surface area contributed by atoms with E-state index in [0.29, 0.717) is 0 Å². The number of aromatic nitrogens is 2. The monoisotopic (exact) mass is 417 g/mol. The average Bonchev–Trinajstić information content (AvgIpc) is 2.52. The van der Waals surface area contributed by atoms with Crippen molar-refractivity contribution in [2.45, 2.75) is 19.4 Å². The Morgan fingerprint density at radius 3 is 3.00 bits per heavy atom. The topological polar surface area (TPSA) is 29.9 Å². The predicted octanol–water partition coefficient (Wildman–Crippen LogP) is 2.09. The lowest BCUT2D eigenvalue weighted by Gasteiger charge is -2.23. The Morgan fingerprint density at radius 1 is 1.57 bits per heavy atom. The molecule has 0 spiro atoms. The Bertz CT molecular complexity index is 305. The zero-order valence-corrected chi connectivity index (χ0v) is 12.2. The molecule has 1 N–H and O–H groups in total. The van der Waals surface area contributed by atoms with Gasteiger partial charge in [-0.25, -0.2) is 4.98 Å². The predicted molar refractivity (Wildman–Crippen MR) is 73.3 cm³/mol. The number of rotatable bonds is 2. The fourth-order valence-corrected chi connectivity index (χ4v) is 2.72.